The molecule has 4 amide bonds. The molecule has 0 aromatic heterocycles. The molecule has 0 bridgehead atoms. The first-order valence-corrected chi connectivity index (χ1v) is 12.7. The minimum Gasteiger partial charge on any atom is -0.454 e. The molecule has 2 aromatic carbocycles. The van der Waals surface area contributed by atoms with Crippen molar-refractivity contribution in [1.29, 1.82) is 0 Å². The van der Waals surface area contributed by atoms with Crippen LogP contribution in [0.25, 0.3) is 0 Å². The van der Waals surface area contributed by atoms with E-state index in [1.165, 1.54) is 0 Å². The lowest BCUT2D eigenvalue weighted by molar-refractivity contribution is -0.190. The van der Waals surface area contributed by atoms with Crippen LogP contribution in [-0.2, 0) is 22.7 Å². The van der Waals surface area contributed by atoms with Crippen molar-refractivity contribution in [2.45, 2.75) is 45.6 Å². The molecule has 37 heavy (non-hydrogen) atoms. The van der Waals surface area contributed by atoms with Crippen molar-refractivity contribution < 1.29 is 23.9 Å². The average Bonchev–Trinajstić information content (AvgIpc) is 3.36. The number of urea groups is 1. The largest absolute Gasteiger partial charge is 0.454 e. The number of hydrogen-bond donors (Lipinski definition) is 1. The topological polar surface area (TPSA) is 94.7 Å². The van der Waals surface area contributed by atoms with Gasteiger partial charge >= 0.3 is 6.03 Å². The van der Waals surface area contributed by atoms with Gasteiger partial charge in [0.05, 0.1) is 13.1 Å². The Bertz CT molecular complexity index is 1180. The summed E-state index contributed by atoms with van der Waals surface area (Å²) in [5.41, 5.74) is 1.87. The molecule has 3 atom stereocenters. The molecule has 3 aliphatic heterocycles. The fourth-order valence-corrected chi connectivity index (χ4v) is 5.25. The van der Waals surface area contributed by atoms with Crippen LogP contribution >= 0.6 is 0 Å². The zero-order chi connectivity index (χ0) is 26.1. The summed E-state index contributed by atoms with van der Waals surface area (Å²) in [6.07, 6.45) is 0.105. The Morgan fingerprint density at radius 1 is 1.08 bits per heavy atom. The highest BCUT2D eigenvalue weighted by atomic mass is 16.7. The summed E-state index contributed by atoms with van der Waals surface area (Å²) >= 11 is 0. The van der Waals surface area contributed by atoms with Crippen LogP contribution in [-0.4, -0.2) is 76.8 Å². The average molecular weight is 508 g/mol. The number of benzene rings is 2. The molecule has 5 rings (SSSR count). The van der Waals surface area contributed by atoms with Crippen molar-refractivity contribution >= 4 is 17.8 Å². The molecule has 2 aromatic rings. The Kier molecular flexibility index (Phi) is 6.92. The third-order valence-electron chi connectivity index (χ3n) is 7.36. The third-order valence-corrected chi connectivity index (χ3v) is 7.36. The van der Waals surface area contributed by atoms with Gasteiger partial charge in [0.25, 0.3) is 0 Å². The number of carbonyl (C=O) groups is 3. The molecular formula is C27H33N5O5. The predicted molar refractivity (Wildman–Crippen MR) is 135 cm³/mol. The molecule has 3 aliphatic rings. The van der Waals surface area contributed by atoms with E-state index in [-0.39, 0.29) is 43.6 Å². The normalized spacial score (nSPS) is 22.2. The predicted octanol–water partition coefficient (Wildman–Crippen LogP) is 2.40. The van der Waals surface area contributed by atoms with Gasteiger partial charge in [0, 0.05) is 20.1 Å². The van der Waals surface area contributed by atoms with Gasteiger partial charge < -0.3 is 24.6 Å². The van der Waals surface area contributed by atoms with Gasteiger partial charge in [-0.3, -0.25) is 9.59 Å². The van der Waals surface area contributed by atoms with E-state index >= 15 is 0 Å². The Balaban J connectivity index is 1.42. The number of hydrazine groups is 1. The molecular weight excluding hydrogens is 474 g/mol. The highest BCUT2D eigenvalue weighted by Crippen LogP contribution is 2.35. The van der Waals surface area contributed by atoms with Gasteiger partial charge in [-0.1, -0.05) is 56.7 Å². The van der Waals surface area contributed by atoms with E-state index in [9.17, 15) is 14.4 Å². The van der Waals surface area contributed by atoms with Gasteiger partial charge in [-0.25, -0.2) is 14.8 Å². The third kappa shape index (κ3) is 4.81. The lowest BCUT2D eigenvalue weighted by Crippen LogP contribution is -2.76. The van der Waals surface area contributed by atoms with Crippen LogP contribution in [0.5, 0.6) is 11.5 Å². The second kappa shape index (κ2) is 10.3. The van der Waals surface area contributed by atoms with Crippen molar-refractivity contribution in [1.82, 2.24) is 25.1 Å². The minimum absolute atomic E-state index is 0.0254. The van der Waals surface area contributed by atoms with Crippen molar-refractivity contribution in [3.05, 3.63) is 59.7 Å². The standard InChI is InChI=1S/C27H33N5O5/c1-4-18(2)25-26(34)30(14-20-10-11-21-22(12-20)37-17-36-21)15-23-31(25)24(33)16-29(3)32(23)27(35)28-13-19-8-6-5-7-9-19/h5-12,18,23,25H,4,13-17H2,1-3H3,(H,28,35)/t18?,23-,25-/m0/s1. The van der Waals surface area contributed by atoms with Gasteiger partial charge in [0.2, 0.25) is 18.6 Å². The van der Waals surface area contributed by atoms with Crippen molar-refractivity contribution in [3.63, 3.8) is 0 Å². The van der Waals surface area contributed by atoms with Crippen LogP contribution in [0.2, 0.25) is 0 Å². The Morgan fingerprint density at radius 2 is 1.84 bits per heavy atom. The molecule has 2 fully saturated rings. The number of nitrogens with zero attached hydrogens (tertiary/aromatic N) is 4. The fourth-order valence-electron chi connectivity index (χ4n) is 5.25. The number of fused-ring (bicyclic) bond motifs is 2. The van der Waals surface area contributed by atoms with E-state index < -0.39 is 12.2 Å². The first kappa shape index (κ1) is 24.9. The van der Waals surface area contributed by atoms with Crippen molar-refractivity contribution in [3.8, 4) is 11.5 Å². The van der Waals surface area contributed by atoms with Crippen LogP contribution in [0, 0.1) is 5.92 Å². The molecule has 10 nitrogen and oxygen atoms in total. The summed E-state index contributed by atoms with van der Waals surface area (Å²) in [7, 11) is 1.73. The Labute approximate surface area is 216 Å². The number of nitrogens with one attached hydrogen (secondary N) is 1. The molecule has 1 N–H and O–H groups in total. The quantitative estimate of drug-likeness (QED) is 0.645. The maximum atomic E-state index is 13.8. The molecule has 10 heteroatoms. The maximum absolute atomic E-state index is 13.8. The van der Waals surface area contributed by atoms with Crippen molar-refractivity contribution in [2.75, 3.05) is 26.9 Å². The summed E-state index contributed by atoms with van der Waals surface area (Å²) in [6, 6.07) is 14.3. The van der Waals surface area contributed by atoms with E-state index in [0.717, 1.165) is 17.5 Å². The van der Waals surface area contributed by atoms with Gasteiger partial charge in [0.1, 0.15) is 12.2 Å². The molecule has 0 radical (unpaired) electrons. The van der Waals surface area contributed by atoms with E-state index in [1.807, 2.05) is 62.4 Å². The molecule has 0 aliphatic carbocycles. The van der Waals surface area contributed by atoms with E-state index in [2.05, 4.69) is 5.32 Å². The number of amides is 4. The Hall–Kier alpha value is -3.79. The van der Waals surface area contributed by atoms with Gasteiger partial charge in [-0.15, -0.1) is 0 Å². The van der Waals surface area contributed by atoms with Crippen LogP contribution in [0.15, 0.2) is 48.5 Å². The molecule has 1 unspecified atom stereocenters. The highest BCUT2D eigenvalue weighted by Gasteiger charge is 2.51. The van der Waals surface area contributed by atoms with Gasteiger partial charge in [-0.2, -0.15) is 0 Å². The number of likely N-dealkylation sites (N-methyl/N-ethyl adjacent to an activating group) is 1. The zero-order valence-corrected chi connectivity index (χ0v) is 21.4. The minimum atomic E-state index is -0.650. The lowest BCUT2D eigenvalue weighted by atomic mass is 9.92. The monoisotopic (exact) mass is 507 g/mol. The number of piperazine rings is 1. The summed E-state index contributed by atoms with van der Waals surface area (Å²) in [5.74, 6) is 0.998. The van der Waals surface area contributed by atoms with E-state index in [1.54, 1.807) is 26.9 Å². The summed E-state index contributed by atoms with van der Waals surface area (Å²) in [4.78, 5) is 43.9. The van der Waals surface area contributed by atoms with Crippen LogP contribution < -0.4 is 14.8 Å². The number of hydrogen-bond acceptors (Lipinski definition) is 6. The van der Waals surface area contributed by atoms with Crippen molar-refractivity contribution in [2.24, 2.45) is 5.92 Å². The van der Waals surface area contributed by atoms with E-state index in [4.69, 9.17) is 9.47 Å². The molecule has 196 valence electrons. The van der Waals surface area contributed by atoms with Crippen LogP contribution in [0.4, 0.5) is 4.79 Å². The summed E-state index contributed by atoms with van der Waals surface area (Å²) < 4.78 is 10.9. The smallest absolute Gasteiger partial charge is 0.334 e. The number of rotatable bonds is 6. The SMILES string of the molecule is CCC(C)[C@H]1C(=O)N(Cc2ccc3c(c2)OCO3)C[C@H]2N1C(=O)CN(C)N2C(=O)NCc1ccccc1. The Morgan fingerprint density at radius 3 is 2.59 bits per heavy atom. The van der Waals surface area contributed by atoms with Gasteiger partial charge in [-0.05, 0) is 29.2 Å². The maximum Gasteiger partial charge on any atom is 0.334 e. The molecule has 2 saturated heterocycles. The first-order valence-electron chi connectivity index (χ1n) is 12.7. The summed E-state index contributed by atoms with van der Waals surface area (Å²) in [6.45, 7) is 5.09. The lowest BCUT2D eigenvalue weighted by Gasteiger charge is -2.55. The zero-order valence-electron chi connectivity index (χ0n) is 21.4. The highest BCUT2D eigenvalue weighted by molar-refractivity contribution is 5.91. The molecule has 0 spiro atoms. The van der Waals surface area contributed by atoms with Crippen LogP contribution in [0.3, 0.4) is 0 Å². The number of carbonyl (C=O) groups excluding carboxylic acids is 3. The number of ether oxygens (including phenoxy) is 2. The fraction of sp³-hybridized carbons (Fsp3) is 0.444. The second-order valence-corrected chi connectivity index (χ2v) is 9.82. The van der Waals surface area contributed by atoms with Crippen LogP contribution in [0.1, 0.15) is 31.4 Å². The molecule has 0 saturated carbocycles. The first-order chi connectivity index (χ1) is 17.9. The van der Waals surface area contributed by atoms with Gasteiger partial charge in [0.15, 0.2) is 11.5 Å². The van der Waals surface area contributed by atoms with E-state index in [0.29, 0.717) is 24.6 Å². The molecule has 3 heterocycles. The summed E-state index contributed by atoms with van der Waals surface area (Å²) in [5, 5.41) is 6.21. The second-order valence-electron chi connectivity index (χ2n) is 9.82.